The summed E-state index contributed by atoms with van der Waals surface area (Å²) in [4.78, 5) is 2.41. The predicted octanol–water partition coefficient (Wildman–Crippen LogP) is 3.29. The summed E-state index contributed by atoms with van der Waals surface area (Å²) in [6.07, 6.45) is 1.19. The lowest BCUT2D eigenvalue weighted by Gasteiger charge is -2.25. The maximum absolute atomic E-state index is 6.00. The van der Waals surface area contributed by atoms with Crippen LogP contribution in [0.3, 0.4) is 0 Å². The van der Waals surface area contributed by atoms with Crippen LogP contribution in [0.4, 0.5) is 5.69 Å². The van der Waals surface area contributed by atoms with Crippen molar-refractivity contribution in [3.05, 3.63) is 27.7 Å². The summed E-state index contributed by atoms with van der Waals surface area (Å²) in [6, 6.07) is 6.67. The molecule has 1 aliphatic rings. The van der Waals surface area contributed by atoms with Gasteiger partial charge in [0.15, 0.2) is 0 Å². The fourth-order valence-electron chi connectivity index (χ4n) is 2.02. The predicted molar refractivity (Wildman–Crippen MR) is 73.4 cm³/mol. The second-order valence-corrected chi connectivity index (χ2v) is 5.51. The number of nitrogens with zero attached hydrogens (tertiary/aromatic N) is 1. The molecule has 1 aromatic carbocycles. The molecule has 1 fully saturated rings. The highest BCUT2D eigenvalue weighted by atomic mass is 79.9. The van der Waals surface area contributed by atoms with E-state index in [1.54, 1.807) is 0 Å². The first kappa shape index (κ1) is 12.2. The third-order valence-corrected chi connectivity index (χ3v) is 4.07. The molecule has 0 radical (unpaired) electrons. The van der Waals surface area contributed by atoms with E-state index in [0.717, 1.165) is 29.1 Å². The molecule has 1 atom stereocenters. The molecule has 4 heteroatoms. The molecule has 1 aromatic rings. The average Bonchev–Trinajstić information content (AvgIpc) is 2.47. The quantitative estimate of drug-likeness (QED) is 0.856. The molecule has 2 nitrogen and oxygen atoms in total. The van der Waals surface area contributed by atoms with E-state index in [1.165, 1.54) is 12.1 Å². The van der Waals surface area contributed by atoms with Crippen LogP contribution in [0.25, 0.3) is 0 Å². The molecule has 0 amide bonds. The van der Waals surface area contributed by atoms with E-state index in [0.29, 0.717) is 6.04 Å². The fraction of sp³-hybridized carbons (Fsp3) is 0.500. The molecular formula is C12H16BrClN2. The maximum atomic E-state index is 6.00. The first-order valence-electron chi connectivity index (χ1n) is 5.60. The van der Waals surface area contributed by atoms with Gasteiger partial charge >= 0.3 is 0 Å². The Morgan fingerprint density at radius 1 is 1.50 bits per heavy atom. The Kier molecular flexibility index (Phi) is 4.11. The summed E-state index contributed by atoms with van der Waals surface area (Å²) in [7, 11) is 0. The fourth-order valence-corrected chi connectivity index (χ4v) is 2.51. The van der Waals surface area contributed by atoms with Crippen molar-refractivity contribution in [1.82, 2.24) is 5.32 Å². The zero-order valence-electron chi connectivity index (χ0n) is 9.34. The van der Waals surface area contributed by atoms with Crippen molar-refractivity contribution in [3.63, 3.8) is 0 Å². The van der Waals surface area contributed by atoms with E-state index in [2.05, 4.69) is 45.2 Å². The third-order valence-electron chi connectivity index (χ3n) is 2.86. The van der Waals surface area contributed by atoms with Gasteiger partial charge in [0.2, 0.25) is 0 Å². The van der Waals surface area contributed by atoms with Crippen LogP contribution in [0.15, 0.2) is 22.7 Å². The number of halogens is 2. The molecule has 2 rings (SSSR count). The summed E-state index contributed by atoms with van der Waals surface area (Å²) in [5.74, 6) is 0. The van der Waals surface area contributed by atoms with E-state index >= 15 is 0 Å². The zero-order valence-corrected chi connectivity index (χ0v) is 11.7. The van der Waals surface area contributed by atoms with Crippen molar-refractivity contribution in [1.29, 1.82) is 0 Å². The Morgan fingerprint density at radius 3 is 3.06 bits per heavy atom. The molecule has 0 aliphatic carbocycles. The van der Waals surface area contributed by atoms with Gasteiger partial charge in [-0.05, 0) is 54.0 Å². The van der Waals surface area contributed by atoms with Crippen LogP contribution in [0, 0.1) is 0 Å². The Labute approximate surface area is 110 Å². The minimum atomic E-state index is 0.539. The molecule has 1 N–H and O–H groups in total. The molecule has 0 saturated carbocycles. The highest BCUT2D eigenvalue weighted by molar-refractivity contribution is 9.10. The molecular weight excluding hydrogens is 288 g/mol. The van der Waals surface area contributed by atoms with Crippen molar-refractivity contribution in [3.8, 4) is 0 Å². The van der Waals surface area contributed by atoms with E-state index in [4.69, 9.17) is 11.6 Å². The number of benzene rings is 1. The second-order valence-electron chi connectivity index (χ2n) is 4.25. The van der Waals surface area contributed by atoms with E-state index in [9.17, 15) is 0 Å². The highest BCUT2D eigenvalue weighted by Crippen LogP contribution is 2.28. The van der Waals surface area contributed by atoms with Crippen molar-refractivity contribution >= 4 is 33.2 Å². The Balaban J connectivity index is 2.18. The van der Waals surface area contributed by atoms with Gasteiger partial charge in [0.25, 0.3) is 0 Å². The van der Waals surface area contributed by atoms with Crippen LogP contribution in [-0.2, 0) is 0 Å². The van der Waals surface area contributed by atoms with E-state index in [-0.39, 0.29) is 0 Å². The average molecular weight is 304 g/mol. The largest absolute Gasteiger partial charge is 0.370 e. The monoisotopic (exact) mass is 302 g/mol. The molecule has 1 saturated heterocycles. The lowest BCUT2D eigenvalue weighted by Crippen LogP contribution is -2.35. The Hall–Kier alpha value is -0.250. The van der Waals surface area contributed by atoms with Gasteiger partial charge < -0.3 is 10.2 Å². The lowest BCUT2D eigenvalue weighted by atomic mass is 10.2. The molecule has 1 unspecified atom stereocenters. The molecule has 1 aliphatic heterocycles. The molecule has 0 aromatic heterocycles. The summed E-state index contributed by atoms with van der Waals surface area (Å²) in [6.45, 7) is 5.48. The number of rotatable bonds is 1. The smallest absolute Gasteiger partial charge is 0.0549 e. The van der Waals surface area contributed by atoms with Crippen LogP contribution >= 0.6 is 27.5 Å². The zero-order chi connectivity index (χ0) is 11.5. The van der Waals surface area contributed by atoms with Crippen molar-refractivity contribution in [2.24, 2.45) is 0 Å². The van der Waals surface area contributed by atoms with Crippen LogP contribution < -0.4 is 10.2 Å². The third kappa shape index (κ3) is 2.90. The van der Waals surface area contributed by atoms with Crippen LogP contribution in [-0.4, -0.2) is 25.7 Å². The topological polar surface area (TPSA) is 15.3 Å². The van der Waals surface area contributed by atoms with Crippen LogP contribution in [0.1, 0.15) is 13.3 Å². The molecule has 0 spiro atoms. The first-order valence-corrected chi connectivity index (χ1v) is 6.77. The van der Waals surface area contributed by atoms with E-state index in [1.807, 2.05) is 6.07 Å². The van der Waals surface area contributed by atoms with Gasteiger partial charge in [-0.2, -0.15) is 0 Å². The number of hydrogen-bond acceptors (Lipinski definition) is 2. The van der Waals surface area contributed by atoms with Gasteiger partial charge in [-0.3, -0.25) is 0 Å². The molecule has 0 bridgehead atoms. The Morgan fingerprint density at radius 2 is 2.31 bits per heavy atom. The molecule has 88 valence electrons. The molecule has 1 heterocycles. The number of nitrogens with one attached hydrogen (secondary N) is 1. The minimum Gasteiger partial charge on any atom is -0.370 e. The summed E-state index contributed by atoms with van der Waals surface area (Å²) in [5, 5.41) is 4.26. The maximum Gasteiger partial charge on any atom is 0.0549 e. The van der Waals surface area contributed by atoms with Crippen molar-refractivity contribution in [2.45, 2.75) is 19.4 Å². The van der Waals surface area contributed by atoms with Crippen LogP contribution in [0.5, 0.6) is 0 Å². The van der Waals surface area contributed by atoms with Gasteiger partial charge in [-0.25, -0.2) is 0 Å². The summed E-state index contributed by atoms with van der Waals surface area (Å²) >= 11 is 9.48. The summed E-state index contributed by atoms with van der Waals surface area (Å²) < 4.78 is 0.969. The summed E-state index contributed by atoms with van der Waals surface area (Å²) in [5.41, 5.74) is 1.24. The first-order chi connectivity index (χ1) is 7.66. The number of hydrogen-bond donors (Lipinski definition) is 1. The van der Waals surface area contributed by atoms with E-state index < -0.39 is 0 Å². The second kappa shape index (κ2) is 5.39. The normalized spacial score (nSPS) is 21.9. The SMILES string of the molecule is CC1CN(c2ccc(Cl)c(Br)c2)CCCN1. The van der Waals surface area contributed by atoms with Crippen molar-refractivity contribution in [2.75, 3.05) is 24.5 Å². The Bertz CT molecular complexity index is 370. The minimum absolute atomic E-state index is 0.539. The van der Waals surface area contributed by atoms with Crippen molar-refractivity contribution < 1.29 is 0 Å². The van der Waals surface area contributed by atoms with Crippen LogP contribution in [0.2, 0.25) is 5.02 Å². The highest BCUT2D eigenvalue weighted by Gasteiger charge is 2.14. The standard InChI is InChI=1S/C12H16BrClN2/c1-9-8-16(6-2-5-15-9)10-3-4-12(14)11(13)7-10/h3-4,7,9,15H,2,5-6,8H2,1H3. The molecule has 16 heavy (non-hydrogen) atoms. The van der Waals surface area contributed by atoms with Gasteiger partial charge in [0.05, 0.1) is 5.02 Å². The lowest BCUT2D eigenvalue weighted by molar-refractivity contribution is 0.585. The van der Waals surface area contributed by atoms with Gasteiger partial charge in [-0.15, -0.1) is 0 Å². The van der Waals surface area contributed by atoms with Gasteiger partial charge in [0, 0.05) is 29.3 Å². The van der Waals surface area contributed by atoms with Gasteiger partial charge in [0.1, 0.15) is 0 Å². The van der Waals surface area contributed by atoms with Gasteiger partial charge in [-0.1, -0.05) is 11.6 Å². The number of anilines is 1.